The van der Waals surface area contributed by atoms with E-state index in [2.05, 4.69) is 26.1 Å². The summed E-state index contributed by atoms with van der Waals surface area (Å²) in [7, 11) is 1.49. The van der Waals surface area contributed by atoms with E-state index >= 15 is 0 Å². The van der Waals surface area contributed by atoms with E-state index in [0.717, 1.165) is 31.4 Å². The molecule has 1 aromatic carbocycles. The third-order valence-electron chi connectivity index (χ3n) is 3.66. The molecular formula is C16H26FNO. The molecule has 0 amide bonds. The second kappa shape index (κ2) is 8.16. The van der Waals surface area contributed by atoms with Gasteiger partial charge in [0.2, 0.25) is 0 Å². The Balaban J connectivity index is 2.67. The summed E-state index contributed by atoms with van der Waals surface area (Å²) in [6.07, 6.45) is 3.12. The van der Waals surface area contributed by atoms with E-state index in [1.54, 1.807) is 12.1 Å². The zero-order chi connectivity index (χ0) is 14.3. The lowest BCUT2D eigenvalue weighted by molar-refractivity contribution is 0.360. The second-order valence-electron chi connectivity index (χ2n) is 5.08. The number of halogens is 1. The minimum absolute atomic E-state index is 0.274. The fraction of sp³-hybridized carbons (Fsp3) is 0.625. The van der Waals surface area contributed by atoms with Crippen LogP contribution in [-0.2, 0) is 6.42 Å². The Bertz CT molecular complexity index is 381. The van der Waals surface area contributed by atoms with Gasteiger partial charge in [-0.05, 0) is 49.9 Å². The van der Waals surface area contributed by atoms with E-state index in [9.17, 15) is 4.39 Å². The number of hydrogen-bond acceptors (Lipinski definition) is 2. The highest BCUT2D eigenvalue weighted by Crippen LogP contribution is 2.22. The van der Waals surface area contributed by atoms with Gasteiger partial charge in [-0.25, -0.2) is 4.39 Å². The Morgan fingerprint density at radius 2 is 2.05 bits per heavy atom. The summed E-state index contributed by atoms with van der Waals surface area (Å²) in [6.45, 7) is 7.60. The molecule has 0 fully saturated rings. The Labute approximate surface area is 116 Å². The molecule has 0 heterocycles. The van der Waals surface area contributed by atoms with Gasteiger partial charge in [0.25, 0.3) is 0 Å². The molecular weight excluding hydrogens is 241 g/mol. The minimum Gasteiger partial charge on any atom is -0.494 e. The summed E-state index contributed by atoms with van der Waals surface area (Å²) in [6, 6.07) is 5.71. The molecule has 0 saturated heterocycles. The molecule has 3 heteroatoms. The van der Waals surface area contributed by atoms with Crippen LogP contribution < -0.4 is 10.1 Å². The van der Waals surface area contributed by atoms with Gasteiger partial charge in [0.15, 0.2) is 11.6 Å². The Hall–Kier alpha value is -1.09. The van der Waals surface area contributed by atoms with Gasteiger partial charge in [0.05, 0.1) is 7.11 Å². The molecule has 1 rings (SSSR count). The summed E-state index contributed by atoms with van der Waals surface area (Å²) < 4.78 is 18.6. The van der Waals surface area contributed by atoms with Gasteiger partial charge in [0, 0.05) is 6.04 Å². The molecule has 1 aromatic rings. The summed E-state index contributed by atoms with van der Waals surface area (Å²) in [5.41, 5.74) is 1.04. The average molecular weight is 267 g/mol. The maximum Gasteiger partial charge on any atom is 0.165 e. The Morgan fingerprint density at radius 3 is 2.58 bits per heavy atom. The average Bonchev–Trinajstić information content (AvgIpc) is 2.42. The molecule has 2 atom stereocenters. The van der Waals surface area contributed by atoms with Gasteiger partial charge in [-0.15, -0.1) is 0 Å². The van der Waals surface area contributed by atoms with Crippen LogP contribution in [0.2, 0.25) is 0 Å². The van der Waals surface area contributed by atoms with Crippen molar-refractivity contribution in [1.82, 2.24) is 5.32 Å². The van der Waals surface area contributed by atoms with E-state index in [1.165, 1.54) is 7.11 Å². The van der Waals surface area contributed by atoms with Crippen LogP contribution >= 0.6 is 0 Å². The van der Waals surface area contributed by atoms with Crippen molar-refractivity contribution in [2.45, 2.75) is 46.1 Å². The molecule has 0 aliphatic heterocycles. The smallest absolute Gasteiger partial charge is 0.165 e. The van der Waals surface area contributed by atoms with Gasteiger partial charge in [-0.2, -0.15) is 0 Å². The Kier molecular flexibility index (Phi) is 6.85. The van der Waals surface area contributed by atoms with Crippen molar-refractivity contribution in [3.05, 3.63) is 29.6 Å². The van der Waals surface area contributed by atoms with Crippen molar-refractivity contribution in [1.29, 1.82) is 0 Å². The molecule has 108 valence electrons. The van der Waals surface area contributed by atoms with Crippen molar-refractivity contribution in [2.75, 3.05) is 13.7 Å². The van der Waals surface area contributed by atoms with E-state index in [4.69, 9.17) is 4.74 Å². The van der Waals surface area contributed by atoms with E-state index < -0.39 is 0 Å². The number of ether oxygens (including phenoxy) is 1. The number of methoxy groups -OCH3 is 1. The normalized spacial score (nSPS) is 14.2. The first-order chi connectivity index (χ1) is 9.12. The molecule has 0 saturated carbocycles. The van der Waals surface area contributed by atoms with Crippen molar-refractivity contribution >= 4 is 0 Å². The van der Waals surface area contributed by atoms with Crippen LogP contribution in [0, 0.1) is 11.7 Å². The Morgan fingerprint density at radius 1 is 1.32 bits per heavy atom. The van der Waals surface area contributed by atoms with Gasteiger partial charge in [-0.3, -0.25) is 0 Å². The lowest BCUT2D eigenvalue weighted by Gasteiger charge is -2.24. The first kappa shape index (κ1) is 16.0. The first-order valence-corrected chi connectivity index (χ1v) is 7.18. The predicted octanol–water partition coefficient (Wildman–Crippen LogP) is 3.79. The third kappa shape index (κ3) is 4.83. The van der Waals surface area contributed by atoms with Gasteiger partial charge >= 0.3 is 0 Å². The molecule has 2 unspecified atom stereocenters. The molecule has 2 nitrogen and oxygen atoms in total. The van der Waals surface area contributed by atoms with Crippen LogP contribution in [0.25, 0.3) is 0 Å². The maximum atomic E-state index is 13.7. The first-order valence-electron chi connectivity index (χ1n) is 7.18. The van der Waals surface area contributed by atoms with Crippen LogP contribution in [0.1, 0.15) is 39.2 Å². The van der Waals surface area contributed by atoms with Crippen LogP contribution in [0.3, 0.4) is 0 Å². The molecule has 19 heavy (non-hydrogen) atoms. The fourth-order valence-electron chi connectivity index (χ4n) is 2.35. The standard InChI is InChI=1S/C16H26FNO/c1-5-9-18-12(3)14(6-2)10-13-7-8-16(19-4)15(17)11-13/h7-8,11-12,14,18H,5-6,9-10H2,1-4H3. The number of benzene rings is 1. The minimum atomic E-state index is -0.274. The molecule has 0 spiro atoms. The summed E-state index contributed by atoms with van der Waals surface area (Å²) in [4.78, 5) is 0. The fourth-order valence-corrected chi connectivity index (χ4v) is 2.35. The molecule has 0 aliphatic carbocycles. The number of rotatable bonds is 8. The van der Waals surface area contributed by atoms with Crippen LogP contribution in [0.5, 0.6) is 5.75 Å². The maximum absolute atomic E-state index is 13.7. The van der Waals surface area contributed by atoms with E-state index in [-0.39, 0.29) is 5.82 Å². The molecule has 0 aromatic heterocycles. The van der Waals surface area contributed by atoms with Crippen molar-refractivity contribution in [2.24, 2.45) is 5.92 Å². The summed E-state index contributed by atoms with van der Waals surface area (Å²) in [5, 5.41) is 3.52. The zero-order valence-electron chi connectivity index (χ0n) is 12.5. The van der Waals surface area contributed by atoms with E-state index in [1.807, 2.05) is 6.07 Å². The highest BCUT2D eigenvalue weighted by Gasteiger charge is 2.16. The number of hydrogen-bond donors (Lipinski definition) is 1. The third-order valence-corrected chi connectivity index (χ3v) is 3.66. The van der Waals surface area contributed by atoms with Crippen LogP contribution in [0.15, 0.2) is 18.2 Å². The molecule has 0 radical (unpaired) electrons. The highest BCUT2D eigenvalue weighted by molar-refractivity contribution is 5.29. The summed E-state index contributed by atoms with van der Waals surface area (Å²) >= 11 is 0. The molecule has 0 bridgehead atoms. The van der Waals surface area contributed by atoms with Crippen LogP contribution in [0.4, 0.5) is 4.39 Å². The van der Waals surface area contributed by atoms with Gasteiger partial charge in [0.1, 0.15) is 0 Å². The number of nitrogens with one attached hydrogen (secondary N) is 1. The quantitative estimate of drug-likeness (QED) is 0.773. The monoisotopic (exact) mass is 267 g/mol. The van der Waals surface area contributed by atoms with Crippen LogP contribution in [-0.4, -0.2) is 19.7 Å². The van der Waals surface area contributed by atoms with E-state index in [0.29, 0.717) is 17.7 Å². The second-order valence-corrected chi connectivity index (χ2v) is 5.08. The largest absolute Gasteiger partial charge is 0.494 e. The lowest BCUT2D eigenvalue weighted by Crippen LogP contribution is -2.34. The SMILES string of the molecule is CCCNC(C)C(CC)Cc1ccc(OC)c(F)c1. The lowest BCUT2D eigenvalue weighted by atomic mass is 9.90. The topological polar surface area (TPSA) is 21.3 Å². The van der Waals surface area contributed by atoms with Gasteiger partial charge < -0.3 is 10.1 Å². The molecule has 1 N–H and O–H groups in total. The highest BCUT2D eigenvalue weighted by atomic mass is 19.1. The predicted molar refractivity (Wildman–Crippen MR) is 78.2 cm³/mol. The molecule has 0 aliphatic rings. The van der Waals surface area contributed by atoms with Gasteiger partial charge in [-0.1, -0.05) is 26.3 Å². The summed E-state index contributed by atoms with van der Waals surface area (Å²) in [5.74, 6) is 0.567. The van der Waals surface area contributed by atoms with Crippen molar-refractivity contribution < 1.29 is 9.13 Å². The van der Waals surface area contributed by atoms with Crippen molar-refractivity contribution in [3.8, 4) is 5.75 Å². The zero-order valence-corrected chi connectivity index (χ0v) is 12.5. The van der Waals surface area contributed by atoms with Crippen molar-refractivity contribution in [3.63, 3.8) is 0 Å².